The fourth-order valence-electron chi connectivity index (χ4n) is 2.82. The van der Waals surface area contributed by atoms with Gasteiger partial charge in [0, 0.05) is 6.04 Å². The van der Waals surface area contributed by atoms with Crippen molar-refractivity contribution in [2.24, 2.45) is 5.41 Å². The maximum atomic E-state index is 3.68. The normalized spacial score (nSPS) is 29.8. The van der Waals surface area contributed by atoms with Gasteiger partial charge in [0.1, 0.15) is 0 Å². The predicted molar refractivity (Wildman–Crippen MR) is 76.3 cm³/mol. The highest BCUT2D eigenvalue weighted by molar-refractivity contribution is 7.99. The molecule has 0 aromatic rings. The zero-order valence-corrected chi connectivity index (χ0v) is 12.2. The summed E-state index contributed by atoms with van der Waals surface area (Å²) in [6.45, 7) is 8.21. The maximum Gasteiger partial charge on any atom is 0.00724 e. The van der Waals surface area contributed by atoms with Gasteiger partial charge in [0.15, 0.2) is 0 Å². The maximum absolute atomic E-state index is 3.68. The van der Waals surface area contributed by atoms with Gasteiger partial charge in [0.25, 0.3) is 0 Å². The van der Waals surface area contributed by atoms with E-state index in [9.17, 15) is 0 Å². The number of thioether (sulfide) groups is 1. The van der Waals surface area contributed by atoms with Gasteiger partial charge in [-0.15, -0.1) is 0 Å². The molecule has 16 heavy (non-hydrogen) atoms. The van der Waals surface area contributed by atoms with Gasteiger partial charge in [-0.1, -0.05) is 20.8 Å². The Labute approximate surface area is 106 Å². The molecule has 1 saturated carbocycles. The van der Waals surface area contributed by atoms with E-state index >= 15 is 0 Å². The number of hydrogen-bond donors (Lipinski definition) is 1. The molecule has 1 aliphatic carbocycles. The summed E-state index contributed by atoms with van der Waals surface area (Å²) in [6.07, 6.45) is 8.35. The molecule has 1 aliphatic rings. The molecule has 2 unspecified atom stereocenters. The first-order valence-electron chi connectivity index (χ1n) is 7.01. The van der Waals surface area contributed by atoms with E-state index in [-0.39, 0.29) is 0 Å². The Kier molecular flexibility index (Phi) is 6.83. The van der Waals surface area contributed by atoms with Gasteiger partial charge in [0.2, 0.25) is 0 Å². The van der Waals surface area contributed by atoms with Crippen LogP contribution in [0.2, 0.25) is 0 Å². The van der Waals surface area contributed by atoms with Crippen molar-refractivity contribution in [3.05, 3.63) is 0 Å². The SMILES string of the molecule is CCCNC1CCC(C)(CCCSCC)C1. The summed E-state index contributed by atoms with van der Waals surface area (Å²) < 4.78 is 0. The molecule has 2 atom stereocenters. The molecule has 0 bridgehead atoms. The first kappa shape index (κ1) is 14.4. The van der Waals surface area contributed by atoms with Crippen molar-refractivity contribution >= 4 is 11.8 Å². The Morgan fingerprint density at radius 2 is 2.19 bits per heavy atom. The monoisotopic (exact) mass is 243 g/mol. The van der Waals surface area contributed by atoms with Crippen molar-refractivity contribution in [3.8, 4) is 0 Å². The smallest absolute Gasteiger partial charge is 0.00724 e. The summed E-state index contributed by atoms with van der Waals surface area (Å²) in [5, 5.41) is 3.68. The first-order valence-corrected chi connectivity index (χ1v) is 8.17. The second-order valence-electron chi connectivity index (χ2n) is 5.50. The van der Waals surface area contributed by atoms with Crippen LogP contribution in [0.5, 0.6) is 0 Å². The van der Waals surface area contributed by atoms with Gasteiger partial charge in [-0.25, -0.2) is 0 Å². The number of hydrogen-bond acceptors (Lipinski definition) is 2. The molecule has 2 heteroatoms. The standard InChI is InChI=1S/C14H29NS/c1-4-10-15-13-7-9-14(3,12-13)8-6-11-16-5-2/h13,15H,4-12H2,1-3H3. The second kappa shape index (κ2) is 7.60. The van der Waals surface area contributed by atoms with Crippen LogP contribution in [0.15, 0.2) is 0 Å². The largest absolute Gasteiger partial charge is 0.314 e. The Balaban J connectivity index is 2.15. The first-order chi connectivity index (χ1) is 7.70. The minimum Gasteiger partial charge on any atom is -0.314 e. The van der Waals surface area contributed by atoms with Crippen LogP contribution in [0.25, 0.3) is 0 Å². The lowest BCUT2D eigenvalue weighted by atomic mass is 9.84. The van der Waals surface area contributed by atoms with Gasteiger partial charge >= 0.3 is 0 Å². The van der Waals surface area contributed by atoms with E-state index in [1.54, 1.807) is 0 Å². The lowest BCUT2D eigenvalue weighted by molar-refractivity contribution is 0.296. The molecular formula is C14H29NS. The zero-order valence-electron chi connectivity index (χ0n) is 11.3. The Hall–Kier alpha value is 0.310. The molecule has 1 nitrogen and oxygen atoms in total. The molecule has 0 heterocycles. The topological polar surface area (TPSA) is 12.0 Å². The van der Waals surface area contributed by atoms with Gasteiger partial charge in [-0.2, -0.15) is 11.8 Å². The summed E-state index contributed by atoms with van der Waals surface area (Å²) >= 11 is 2.09. The third-order valence-electron chi connectivity index (χ3n) is 3.79. The van der Waals surface area contributed by atoms with Crippen LogP contribution in [-0.2, 0) is 0 Å². The fourth-order valence-corrected chi connectivity index (χ4v) is 3.45. The molecule has 0 spiro atoms. The van der Waals surface area contributed by atoms with Gasteiger partial charge < -0.3 is 5.32 Å². The third kappa shape index (κ3) is 5.09. The van der Waals surface area contributed by atoms with Crippen LogP contribution < -0.4 is 5.32 Å². The predicted octanol–water partition coefficient (Wildman–Crippen LogP) is 4.08. The summed E-state index contributed by atoms with van der Waals surface area (Å²) in [7, 11) is 0. The molecule has 1 rings (SSSR count). The highest BCUT2D eigenvalue weighted by Crippen LogP contribution is 2.41. The van der Waals surface area contributed by atoms with Crippen molar-refractivity contribution in [3.63, 3.8) is 0 Å². The van der Waals surface area contributed by atoms with E-state index in [1.807, 2.05) is 0 Å². The van der Waals surface area contributed by atoms with Gasteiger partial charge in [-0.05, 0) is 62.0 Å². The molecule has 1 N–H and O–H groups in total. The van der Waals surface area contributed by atoms with E-state index in [4.69, 9.17) is 0 Å². The second-order valence-corrected chi connectivity index (χ2v) is 6.90. The van der Waals surface area contributed by atoms with Crippen LogP contribution in [0.1, 0.15) is 59.3 Å². The van der Waals surface area contributed by atoms with Crippen LogP contribution in [-0.4, -0.2) is 24.1 Å². The van der Waals surface area contributed by atoms with Crippen molar-refractivity contribution in [1.82, 2.24) is 5.32 Å². The third-order valence-corrected chi connectivity index (χ3v) is 4.78. The number of rotatable bonds is 8. The molecular weight excluding hydrogens is 214 g/mol. The van der Waals surface area contributed by atoms with Crippen LogP contribution in [0.3, 0.4) is 0 Å². The van der Waals surface area contributed by atoms with Crippen molar-refractivity contribution in [2.45, 2.75) is 65.3 Å². The Morgan fingerprint density at radius 3 is 2.88 bits per heavy atom. The lowest BCUT2D eigenvalue weighted by Gasteiger charge is -2.24. The molecule has 0 radical (unpaired) electrons. The molecule has 0 aliphatic heterocycles. The lowest BCUT2D eigenvalue weighted by Crippen LogP contribution is -2.28. The molecule has 0 aromatic heterocycles. The number of nitrogens with one attached hydrogen (secondary N) is 1. The van der Waals surface area contributed by atoms with E-state index in [2.05, 4.69) is 37.8 Å². The average molecular weight is 243 g/mol. The van der Waals surface area contributed by atoms with Crippen molar-refractivity contribution in [1.29, 1.82) is 0 Å². The molecule has 0 saturated heterocycles. The molecule has 0 aromatic carbocycles. The molecule has 0 amide bonds. The van der Waals surface area contributed by atoms with Crippen LogP contribution >= 0.6 is 11.8 Å². The van der Waals surface area contributed by atoms with Gasteiger partial charge in [-0.3, -0.25) is 0 Å². The zero-order chi connectivity index (χ0) is 11.9. The summed E-state index contributed by atoms with van der Waals surface area (Å²) in [4.78, 5) is 0. The van der Waals surface area contributed by atoms with Gasteiger partial charge in [0.05, 0.1) is 0 Å². The quantitative estimate of drug-likeness (QED) is 0.645. The molecule has 1 fully saturated rings. The van der Waals surface area contributed by atoms with Crippen LogP contribution in [0, 0.1) is 5.41 Å². The van der Waals surface area contributed by atoms with Crippen molar-refractivity contribution in [2.75, 3.05) is 18.1 Å². The minimum absolute atomic E-state index is 0.639. The minimum atomic E-state index is 0.639. The van der Waals surface area contributed by atoms with E-state index < -0.39 is 0 Å². The van der Waals surface area contributed by atoms with Crippen LogP contribution in [0.4, 0.5) is 0 Å². The van der Waals surface area contributed by atoms with Crippen molar-refractivity contribution < 1.29 is 0 Å². The summed E-state index contributed by atoms with van der Waals surface area (Å²) in [5.74, 6) is 2.64. The Morgan fingerprint density at radius 1 is 1.38 bits per heavy atom. The van der Waals surface area contributed by atoms with E-state index in [1.165, 1.54) is 56.6 Å². The molecule has 96 valence electrons. The summed E-state index contributed by atoms with van der Waals surface area (Å²) in [6, 6.07) is 0.809. The fraction of sp³-hybridized carbons (Fsp3) is 1.00. The highest BCUT2D eigenvalue weighted by atomic mass is 32.2. The van der Waals surface area contributed by atoms with E-state index in [0.29, 0.717) is 5.41 Å². The van der Waals surface area contributed by atoms with E-state index in [0.717, 1.165) is 6.04 Å². The Bertz CT molecular complexity index is 184. The summed E-state index contributed by atoms with van der Waals surface area (Å²) in [5.41, 5.74) is 0.639. The average Bonchev–Trinajstić information content (AvgIpc) is 2.64. The highest BCUT2D eigenvalue weighted by Gasteiger charge is 2.33.